The fraction of sp³-hybridized carbons (Fsp3) is 0.458. The molecular weight excluding hydrogens is 351 g/mol. The summed E-state index contributed by atoms with van der Waals surface area (Å²) < 4.78 is 13.5. The van der Waals surface area contributed by atoms with Crippen LogP contribution in [0.15, 0.2) is 30.3 Å². The van der Waals surface area contributed by atoms with Gasteiger partial charge in [0, 0.05) is 24.5 Å². The largest absolute Gasteiger partial charge is 0.367 e. The lowest BCUT2D eigenvalue weighted by molar-refractivity contribution is -0.121. The first-order valence-corrected chi connectivity index (χ1v) is 10.4. The van der Waals surface area contributed by atoms with Crippen LogP contribution in [-0.4, -0.2) is 12.5 Å². The third-order valence-electron chi connectivity index (χ3n) is 7.16. The Labute approximate surface area is 165 Å². The monoisotopic (exact) mass is 378 g/mol. The van der Waals surface area contributed by atoms with Gasteiger partial charge in [-0.05, 0) is 92.0 Å². The van der Waals surface area contributed by atoms with Gasteiger partial charge in [-0.1, -0.05) is 12.5 Å². The lowest BCUT2D eigenvalue weighted by atomic mass is 9.98. The zero-order valence-corrected chi connectivity index (χ0v) is 16.6. The Balaban J connectivity index is 1.36. The first-order chi connectivity index (χ1) is 13.5. The summed E-state index contributed by atoms with van der Waals surface area (Å²) in [5, 5.41) is 3.26. The highest BCUT2D eigenvalue weighted by Crippen LogP contribution is 2.64. The number of hydrogen-bond acceptors (Lipinski definition) is 2. The molecule has 3 nitrogen and oxygen atoms in total. The van der Waals surface area contributed by atoms with E-state index in [1.54, 1.807) is 12.1 Å². The van der Waals surface area contributed by atoms with Gasteiger partial charge in [-0.2, -0.15) is 0 Å². The number of amides is 1. The summed E-state index contributed by atoms with van der Waals surface area (Å²) in [6.45, 7) is 5.84. The van der Waals surface area contributed by atoms with Gasteiger partial charge in [0.25, 0.3) is 0 Å². The standard InChI is InChI=1S/C24H27FN2O/c1-15-10-21(27-9-7-17-12-20(25)6-5-18(17)14-27)11-16(2)22(15)26-23(28)24-8-3-4-19(24)13-24/h5-6,10-12,19H,3-4,7-9,13-14H2,1-2H3,(H,26,28). The molecule has 4 heteroatoms. The van der Waals surface area contributed by atoms with Crippen molar-refractivity contribution >= 4 is 17.3 Å². The number of carbonyl (C=O) groups excluding carboxylic acids is 1. The quantitative estimate of drug-likeness (QED) is 0.803. The molecule has 2 saturated carbocycles. The minimum atomic E-state index is -0.154. The number of benzene rings is 2. The van der Waals surface area contributed by atoms with Crippen molar-refractivity contribution in [1.82, 2.24) is 0 Å². The van der Waals surface area contributed by atoms with Crippen LogP contribution in [-0.2, 0) is 17.8 Å². The zero-order chi connectivity index (χ0) is 19.5. The maximum atomic E-state index is 13.5. The number of halogens is 1. The smallest absolute Gasteiger partial charge is 0.230 e. The van der Waals surface area contributed by atoms with Crippen molar-refractivity contribution < 1.29 is 9.18 Å². The Kier molecular flexibility index (Phi) is 4.01. The van der Waals surface area contributed by atoms with Crippen LogP contribution in [0.4, 0.5) is 15.8 Å². The number of nitrogens with zero attached hydrogens (tertiary/aromatic N) is 1. The maximum absolute atomic E-state index is 13.5. The zero-order valence-electron chi connectivity index (χ0n) is 16.6. The molecule has 0 bridgehead atoms. The van der Waals surface area contributed by atoms with Crippen molar-refractivity contribution in [2.45, 2.75) is 52.5 Å². The maximum Gasteiger partial charge on any atom is 0.230 e. The molecule has 0 saturated heterocycles. The molecule has 0 spiro atoms. The van der Waals surface area contributed by atoms with E-state index in [0.717, 1.165) is 54.7 Å². The van der Waals surface area contributed by atoms with Crippen LogP contribution in [0.25, 0.3) is 0 Å². The van der Waals surface area contributed by atoms with Crippen LogP contribution >= 0.6 is 0 Å². The predicted octanol–water partition coefficient (Wildman–Crippen LogP) is 5.13. The van der Waals surface area contributed by atoms with Gasteiger partial charge in [0.05, 0.1) is 5.41 Å². The van der Waals surface area contributed by atoms with Crippen molar-refractivity contribution in [3.63, 3.8) is 0 Å². The van der Waals surface area contributed by atoms with Gasteiger partial charge in [-0.25, -0.2) is 4.39 Å². The first kappa shape index (κ1) is 17.7. The minimum absolute atomic E-state index is 0.0661. The molecule has 3 aliphatic rings. The van der Waals surface area contributed by atoms with Crippen molar-refractivity contribution in [2.24, 2.45) is 11.3 Å². The van der Waals surface area contributed by atoms with E-state index >= 15 is 0 Å². The molecule has 2 aromatic rings. The molecule has 146 valence electrons. The van der Waals surface area contributed by atoms with Crippen LogP contribution in [0.5, 0.6) is 0 Å². The van der Waals surface area contributed by atoms with Gasteiger partial charge in [-0.3, -0.25) is 4.79 Å². The Hall–Kier alpha value is -2.36. The number of carbonyl (C=O) groups is 1. The fourth-order valence-electron chi connectivity index (χ4n) is 5.42. The third-order valence-corrected chi connectivity index (χ3v) is 7.16. The lowest BCUT2D eigenvalue weighted by Crippen LogP contribution is -2.30. The highest BCUT2D eigenvalue weighted by atomic mass is 19.1. The molecule has 1 aliphatic heterocycles. The summed E-state index contributed by atoms with van der Waals surface area (Å²) in [7, 11) is 0. The van der Waals surface area contributed by atoms with Crippen LogP contribution in [0.1, 0.15) is 47.9 Å². The molecule has 2 aromatic carbocycles. The highest BCUT2D eigenvalue weighted by molar-refractivity contribution is 5.99. The van der Waals surface area contributed by atoms with E-state index in [1.165, 1.54) is 24.1 Å². The molecular formula is C24H27FN2O. The van der Waals surface area contributed by atoms with Gasteiger partial charge in [-0.15, -0.1) is 0 Å². The number of aryl methyl sites for hydroxylation is 2. The SMILES string of the molecule is Cc1cc(N2CCc3cc(F)ccc3C2)cc(C)c1NC(=O)C12CCCC1C2. The van der Waals surface area contributed by atoms with E-state index in [-0.39, 0.29) is 17.1 Å². The summed E-state index contributed by atoms with van der Waals surface area (Å²) in [4.78, 5) is 15.2. The van der Waals surface area contributed by atoms with Crippen molar-refractivity contribution in [1.29, 1.82) is 0 Å². The summed E-state index contributed by atoms with van der Waals surface area (Å²) in [6, 6.07) is 9.46. The first-order valence-electron chi connectivity index (χ1n) is 10.4. The Morgan fingerprint density at radius 1 is 1.18 bits per heavy atom. The number of nitrogens with one attached hydrogen (secondary N) is 1. The molecule has 2 unspecified atom stereocenters. The Morgan fingerprint density at radius 3 is 2.64 bits per heavy atom. The molecule has 1 amide bonds. The minimum Gasteiger partial charge on any atom is -0.367 e. The molecule has 5 rings (SSSR count). The second kappa shape index (κ2) is 6.33. The van der Waals surface area contributed by atoms with Gasteiger partial charge in [0.2, 0.25) is 5.91 Å². The molecule has 0 radical (unpaired) electrons. The molecule has 2 fully saturated rings. The van der Waals surface area contributed by atoms with E-state index in [1.807, 2.05) is 6.07 Å². The number of fused-ring (bicyclic) bond motifs is 2. The number of hydrogen-bond donors (Lipinski definition) is 1. The van der Waals surface area contributed by atoms with E-state index in [9.17, 15) is 9.18 Å². The Bertz CT molecular complexity index is 946. The van der Waals surface area contributed by atoms with Crippen molar-refractivity contribution in [3.8, 4) is 0 Å². The number of anilines is 2. The van der Waals surface area contributed by atoms with Crippen LogP contribution in [0.3, 0.4) is 0 Å². The van der Waals surface area contributed by atoms with Crippen LogP contribution in [0, 0.1) is 31.0 Å². The summed E-state index contributed by atoms with van der Waals surface area (Å²) >= 11 is 0. The van der Waals surface area contributed by atoms with Crippen molar-refractivity contribution in [2.75, 3.05) is 16.8 Å². The van der Waals surface area contributed by atoms with Gasteiger partial charge in [0.1, 0.15) is 5.82 Å². The molecule has 2 atom stereocenters. The average Bonchev–Trinajstić information content (AvgIpc) is 3.24. The van der Waals surface area contributed by atoms with E-state index < -0.39 is 0 Å². The normalized spacial score (nSPS) is 25.2. The molecule has 2 aliphatic carbocycles. The predicted molar refractivity (Wildman–Crippen MR) is 110 cm³/mol. The van der Waals surface area contributed by atoms with Crippen LogP contribution < -0.4 is 10.2 Å². The van der Waals surface area contributed by atoms with Gasteiger partial charge < -0.3 is 10.2 Å². The van der Waals surface area contributed by atoms with E-state index in [0.29, 0.717) is 5.92 Å². The number of rotatable bonds is 3. The van der Waals surface area contributed by atoms with Crippen molar-refractivity contribution in [3.05, 3.63) is 58.4 Å². The third kappa shape index (κ3) is 2.81. The van der Waals surface area contributed by atoms with Gasteiger partial charge >= 0.3 is 0 Å². The second-order valence-electron chi connectivity index (χ2n) is 8.94. The average molecular weight is 378 g/mol. The fourth-order valence-corrected chi connectivity index (χ4v) is 5.42. The highest BCUT2D eigenvalue weighted by Gasteiger charge is 2.61. The Morgan fingerprint density at radius 2 is 1.96 bits per heavy atom. The van der Waals surface area contributed by atoms with Gasteiger partial charge in [0.15, 0.2) is 0 Å². The molecule has 1 heterocycles. The molecule has 28 heavy (non-hydrogen) atoms. The second-order valence-corrected chi connectivity index (χ2v) is 8.94. The summed E-state index contributed by atoms with van der Waals surface area (Å²) in [6.07, 6.45) is 5.38. The lowest BCUT2D eigenvalue weighted by Gasteiger charge is -2.32. The molecule has 0 aromatic heterocycles. The summed E-state index contributed by atoms with van der Waals surface area (Å²) in [5.74, 6) is 0.687. The van der Waals surface area contributed by atoms with E-state index in [2.05, 4.69) is 36.2 Å². The summed E-state index contributed by atoms with van der Waals surface area (Å²) in [5.41, 5.74) is 6.61. The molecule has 1 N–H and O–H groups in total. The van der Waals surface area contributed by atoms with Crippen LogP contribution in [0.2, 0.25) is 0 Å². The topological polar surface area (TPSA) is 32.3 Å². The van der Waals surface area contributed by atoms with E-state index in [4.69, 9.17) is 0 Å².